The van der Waals surface area contributed by atoms with Crippen LogP contribution in [0.3, 0.4) is 0 Å². The average molecular weight is 400 g/mol. The zero-order valence-electron chi connectivity index (χ0n) is 16.8. The predicted molar refractivity (Wildman–Crippen MR) is 117 cm³/mol. The molecule has 0 radical (unpaired) electrons. The maximum absolute atomic E-state index is 6.18. The third kappa shape index (κ3) is 4.95. The summed E-state index contributed by atoms with van der Waals surface area (Å²) < 4.78 is 0. The van der Waals surface area contributed by atoms with Crippen molar-refractivity contribution in [2.45, 2.75) is 52.0 Å². The molecule has 2 aliphatic rings. The second-order valence-electron chi connectivity index (χ2n) is 8.16. The van der Waals surface area contributed by atoms with Crippen LogP contribution in [0.25, 0.3) is 0 Å². The molecule has 6 heteroatoms. The van der Waals surface area contributed by atoms with Crippen LogP contribution in [0.1, 0.15) is 43.9 Å². The lowest BCUT2D eigenvalue weighted by Gasteiger charge is -2.20. The first-order valence-electron chi connectivity index (χ1n) is 10.5. The molecule has 0 spiro atoms. The molecule has 2 N–H and O–H groups in total. The Morgan fingerprint density at radius 3 is 2.82 bits per heavy atom. The van der Waals surface area contributed by atoms with Crippen LogP contribution in [-0.4, -0.2) is 35.6 Å². The first-order chi connectivity index (χ1) is 13.6. The summed E-state index contributed by atoms with van der Waals surface area (Å²) in [5.41, 5.74) is 3.17. The molecule has 2 heterocycles. The van der Waals surface area contributed by atoms with E-state index in [1.54, 1.807) is 0 Å². The summed E-state index contributed by atoms with van der Waals surface area (Å²) >= 11 is 6.18. The van der Waals surface area contributed by atoms with Crippen LogP contribution in [0.4, 0.5) is 17.5 Å². The van der Waals surface area contributed by atoms with Gasteiger partial charge in [-0.3, -0.25) is 0 Å². The van der Waals surface area contributed by atoms with E-state index in [4.69, 9.17) is 21.6 Å². The molecule has 4 rings (SSSR count). The van der Waals surface area contributed by atoms with E-state index >= 15 is 0 Å². The second-order valence-corrected chi connectivity index (χ2v) is 8.60. The Labute approximate surface area is 172 Å². The van der Waals surface area contributed by atoms with Gasteiger partial charge in [0, 0.05) is 41.6 Å². The fourth-order valence-electron chi connectivity index (χ4n) is 3.72. The minimum atomic E-state index is 0.566. The van der Waals surface area contributed by atoms with E-state index in [1.165, 1.54) is 25.8 Å². The van der Waals surface area contributed by atoms with Crippen LogP contribution in [0, 0.1) is 12.8 Å². The van der Waals surface area contributed by atoms with Crippen molar-refractivity contribution in [1.82, 2.24) is 15.3 Å². The predicted octanol–water partition coefficient (Wildman–Crippen LogP) is 4.71. The number of halogens is 1. The van der Waals surface area contributed by atoms with E-state index in [0.29, 0.717) is 17.0 Å². The molecule has 1 saturated carbocycles. The SMILES string of the molecule is CCCc1cc(N2CCC(NCC3CC3)C2)nc(Nc2cc(Cl)ccc2C)n1. The van der Waals surface area contributed by atoms with Crippen molar-refractivity contribution in [2.24, 2.45) is 5.92 Å². The number of nitrogens with zero attached hydrogens (tertiary/aromatic N) is 3. The molecule has 1 aromatic carbocycles. The molecule has 1 saturated heterocycles. The molecule has 1 aliphatic carbocycles. The van der Waals surface area contributed by atoms with Gasteiger partial charge < -0.3 is 15.5 Å². The van der Waals surface area contributed by atoms with Crippen molar-refractivity contribution in [3.63, 3.8) is 0 Å². The molecule has 28 heavy (non-hydrogen) atoms. The average Bonchev–Trinajstić information content (AvgIpc) is 3.39. The summed E-state index contributed by atoms with van der Waals surface area (Å²) in [7, 11) is 0. The third-order valence-corrected chi connectivity index (χ3v) is 5.86. The molecule has 0 bridgehead atoms. The zero-order valence-corrected chi connectivity index (χ0v) is 17.6. The van der Waals surface area contributed by atoms with Crippen LogP contribution in [0.5, 0.6) is 0 Å². The maximum atomic E-state index is 6.18. The van der Waals surface area contributed by atoms with Gasteiger partial charge in [0.15, 0.2) is 0 Å². The first kappa shape index (κ1) is 19.5. The van der Waals surface area contributed by atoms with Gasteiger partial charge >= 0.3 is 0 Å². The molecule has 0 amide bonds. The smallest absolute Gasteiger partial charge is 0.229 e. The van der Waals surface area contributed by atoms with E-state index in [1.807, 2.05) is 18.2 Å². The Morgan fingerprint density at radius 1 is 1.18 bits per heavy atom. The van der Waals surface area contributed by atoms with Gasteiger partial charge in [0.1, 0.15) is 5.82 Å². The molecule has 5 nitrogen and oxygen atoms in total. The van der Waals surface area contributed by atoms with Gasteiger partial charge in [0.25, 0.3) is 0 Å². The lowest BCUT2D eigenvalue weighted by molar-refractivity contribution is 0.530. The summed E-state index contributed by atoms with van der Waals surface area (Å²) in [6.45, 7) is 7.48. The molecule has 150 valence electrons. The van der Waals surface area contributed by atoms with Gasteiger partial charge in [0.2, 0.25) is 5.95 Å². The van der Waals surface area contributed by atoms with Crippen molar-refractivity contribution >= 4 is 29.1 Å². The maximum Gasteiger partial charge on any atom is 0.229 e. The Balaban J connectivity index is 1.51. The molecule has 1 aliphatic heterocycles. The van der Waals surface area contributed by atoms with Crippen molar-refractivity contribution in [1.29, 1.82) is 0 Å². The van der Waals surface area contributed by atoms with E-state index < -0.39 is 0 Å². The summed E-state index contributed by atoms with van der Waals surface area (Å²) in [5, 5.41) is 7.83. The fraction of sp³-hybridized carbons (Fsp3) is 0.545. The Hall–Kier alpha value is -1.85. The molecule has 1 unspecified atom stereocenters. The highest BCUT2D eigenvalue weighted by atomic mass is 35.5. The molecule has 2 fully saturated rings. The van der Waals surface area contributed by atoms with E-state index in [0.717, 1.165) is 54.6 Å². The van der Waals surface area contributed by atoms with Crippen molar-refractivity contribution < 1.29 is 0 Å². The van der Waals surface area contributed by atoms with Crippen molar-refractivity contribution in [3.8, 4) is 0 Å². The van der Waals surface area contributed by atoms with E-state index in [9.17, 15) is 0 Å². The number of aromatic nitrogens is 2. The van der Waals surface area contributed by atoms with E-state index in [-0.39, 0.29) is 0 Å². The lowest BCUT2D eigenvalue weighted by atomic mass is 10.2. The first-order valence-corrected chi connectivity index (χ1v) is 10.9. The van der Waals surface area contributed by atoms with Crippen LogP contribution < -0.4 is 15.5 Å². The van der Waals surface area contributed by atoms with Gasteiger partial charge in [-0.25, -0.2) is 4.98 Å². The normalized spacial score (nSPS) is 19.2. The van der Waals surface area contributed by atoms with Gasteiger partial charge in [0.05, 0.1) is 0 Å². The zero-order chi connectivity index (χ0) is 19.5. The van der Waals surface area contributed by atoms with Gasteiger partial charge in [-0.15, -0.1) is 0 Å². The Bertz CT molecular complexity index is 821. The quantitative estimate of drug-likeness (QED) is 0.673. The number of benzene rings is 1. The number of rotatable bonds is 8. The van der Waals surface area contributed by atoms with Crippen LogP contribution in [0.15, 0.2) is 24.3 Å². The summed E-state index contributed by atoms with van der Waals surface area (Å²) in [5.74, 6) is 2.60. The number of aryl methyl sites for hydroxylation is 2. The highest BCUT2D eigenvalue weighted by molar-refractivity contribution is 6.30. The van der Waals surface area contributed by atoms with Crippen LogP contribution in [0.2, 0.25) is 5.02 Å². The number of hydrogen-bond donors (Lipinski definition) is 2. The molecule has 1 aromatic heterocycles. The third-order valence-electron chi connectivity index (χ3n) is 5.62. The van der Waals surface area contributed by atoms with Crippen molar-refractivity contribution in [2.75, 3.05) is 29.9 Å². The van der Waals surface area contributed by atoms with Gasteiger partial charge in [-0.2, -0.15) is 4.98 Å². The number of nitrogens with one attached hydrogen (secondary N) is 2. The molecular formula is C22H30ClN5. The minimum absolute atomic E-state index is 0.566. The monoisotopic (exact) mass is 399 g/mol. The van der Waals surface area contributed by atoms with E-state index in [2.05, 4.69) is 35.4 Å². The highest BCUT2D eigenvalue weighted by Crippen LogP contribution is 2.29. The van der Waals surface area contributed by atoms with Crippen molar-refractivity contribution in [3.05, 3.63) is 40.5 Å². The largest absolute Gasteiger partial charge is 0.355 e. The topological polar surface area (TPSA) is 53.1 Å². The molecular weight excluding hydrogens is 370 g/mol. The van der Waals surface area contributed by atoms with Gasteiger partial charge in [-0.1, -0.05) is 31.0 Å². The van der Waals surface area contributed by atoms with Gasteiger partial charge in [-0.05, 0) is 62.8 Å². The number of hydrogen-bond acceptors (Lipinski definition) is 5. The minimum Gasteiger partial charge on any atom is -0.355 e. The number of anilines is 3. The summed E-state index contributed by atoms with van der Waals surface area (Å²) in [6.07, 6.45) is 5.99. The summed E-state index contributed by atoms with van der Waals surface area (Å²) in [6, 6.07) is 8.57. The standard InChI is InChI=1S/C22H30ClN5/c1-3-4-18-12-21(28-10-9-19(14-28)24-13-16-6-7-16)27-22(25-18)26-20-11-17(23)8-5-15(20)2/h5,8,11-12,16,19,24H,3-4,6-7,9-10,13-14H2,1-2H3,(H,25,26,27). The van der Waals surface area contributed by atoms with Crippen LogP contribution in [-0.2, 0) is 6.42 Å². The second kappa shape index (κ2) is 8.66. The molecule has 1 atom stereocenters. The van der Waals surface area contributed by atoms with Crippen LogP contribution >= 0.6 is 11.6 Å². The summed E-state index contributed by atoms with van der Waals surface area (Å²) in [4.78, 5) is 12.0. The fourth-order valence-corrected chi connectivity index (χ4v) is 3.90. The Kier molecular flexibility index (Phi) is 6.02. The Morgan fingerprint density at radius 2 is 2.04 bits per heavy atom. The highest BCUT2D eigenvalue weighted by Gasteiger charge is 2.27. The molecule has 2 aromatic rings. The lowest BCUT2D eigenvalue weighted by Crippen LogP contribution is -2.34.